The Hall–Kier alpha value is -4.42. The molecule has 202 valence electrons. The van der Waals surface area contributed by atoms with Gasteiger partial charge in [0.25, 0.3) is 0 Å². The Morgan fingerprint density at radius 2 is 1.82 bits per heavy atom. The summed E-state index contributed by atoms with van der Waals surface area (Å²) in [4.78, 5) is 17.0. The number of halogens is 1. The summed E-state index contributed by atoms with van der Waals surface area (Å²) in [6.07, 6.45) is 4.93. The van der Waals surface area contributed by atoms with Crippen LogP contribution in [0.1, 0.15) is 31.9 Å². The fourth-order valence-corrected chi connectivity index (χ4v) is 5.52. The van der Waals surface area contributed by atoms with Crippen LogP contribution in [-0.2, 0) is 21.3 Å². The van der Waals surface area contributed by atoms with Crippen LogP contribution in [0.25, 0.3) is 10.9 Å². The third kappa shape index (κ3) is 5.92. The molecule has 9 heteroatoms. The number of rotatable bonds is 7. The molecule has 1 N–H and O–H groups in total. The van der Waals surface area contributed by atoms with E-state index in [0.29, 0.717) is 44.1 Å². The van der Waals surface area contributed by atoms with Crippen LogP contribution in [-0.4, -0.2) is 20.7 Å². The minimum atomic E-state index is -1.81. The number of nitrogens with zero attached hydrogens (tertiary/aromatic N) is 3. The topological polar surface area (TPSA) is 86.1 Å². The van der Waals surface area contributed by atoms with Crippen LogP contribution < -0.4 is 20.7 Å². The molecule has 0 saturated heterocycles. The third-order valence-corrected chi connectivity index (χ3v) is 7.84. The lowest BCUT2D eigenvalue weighted by Gasteiger charge is -2.18. The second kappa shape index (κ2) is 11.0. The lowest BCUT2D eigenvalue weighted by atomic mass is 10.1. The lowest BCUT2D eigenvalue weighted by Crippen LogP contribution is -2.22. The summed E-state index contributed by atoms with van der Waals surface area (Å²) >= 11 is 0. The summed E-state index contributed by atoms with van der Waals surface area (Å²) in [5.74, 6) is -0.409. The van der Waals surface area contributed by atoms with E-state index < -0.39 is 13.6 Å². The number of fused-ring (bicyclic) bond motifs is 1. The van der Waals surface area contributed by atoms with E-state index in [1.807, 2.05) is 51.1 Å². The normalized spacial score (nSPS) is 11.9. The summed E-state index contributed by atoms with van der Waals surface area (Å²) in [6.45, 7) is 7.77. The molecule has 1 amide bonds. The molecular formula is C31H29FN4O3P+. The Balaban J connectivity index is 1.36. The van der Waals surface area contributed by atoms with Crippen molar-refractivity contribution in [3.8, 4) is 11.5 Å². The van der Waals surface area contributed by atoms with Crippen LogP contribution in [0.5, 0.6) is 11.5 Å². The molecule has 40 heavy (non-hydrogen) atoms. The first-order valence-corrected chi connectivity index (χ1v) is 14.1. The highest BCUT2D eigenvalue weighted by Gasteiger charge is 2.24. The summed E-state index contributed by atoms with van der Waals surface area (Å²) < 4.78 is 36.3. The average Bonchev–Trinajstić information content (AvgIpc) is 3.39. The van der Waals surface area contributed by atoms with Gasteiger partial charge >= 0.3 is 7.80 Å². The molecule has 2 heterocycles. The molecule has 0 radical (unpaired) electrons. The molecule has 1 unspecified atom stereocenters. The van der Waals surface area contributed by atoms with Crippen LogP contribution in [0.3, 0.4) is 0 Å². The van der Waals surface area contributed by atoms with Crippen LogP contribution in [0.4, 0.5) is 10.1 Å². The number of amides is 1. The minimum Gasteiger partial charge on any atom is -0.453 e. The Labute approximate surface area is 232 Å². The predicted octanol–water partition coefficient (Wildman–Crippen LogP) is 6.39. The zero-order chi connectivity index (χ0) is 28.4. The van der Waals surface area contributed by atoms with Crippen molar-refractivity contribution in [3.05, 3.63) is 102 Å². The van der Waals surface area contributed by atoms with Crippen molar-refractivity contribution in [3.63, 3.8) is 0 Å². The van der Waals surface area contributed by atoms with Crippen molar-refractivity contribution in [2.24, 2.45) is 0 Å². The van der Waals surface area contributed by atoms with Gasteiger partial charge in [-0.25, -0.2) is 4.39 Å². The van der Waals surface area contributed by atoms with E-state index in [2.05, 4.69) is 15.4 Å². The number of carbonyl (C=O) groups excluding carboxylic acids is 1. The number of anilines is 1. The summed E-state index contributed by atoms with van der Waals surface area (Å²) in [6, 6.07) is 19.2. The molecule has 0 fully saturated rings. The van der Waals surface area contributed by atoms with Crippen molar-refractivity contribution in [1.29, 1.82) is 0 Å². The van der Waals surface area contributed by atoms with Crippen molar-refractivity contribution in [2.45, 2.75) is 39.7 Å². The number of pyridine rings is 1. The van der Waals surface area contributed by atoms with Crippen LogP contribution in [0.15, 0.2) is 85.3 Å². The third-order valence-electron chi connectivity index (χ3n) is 6.33. The number of hydrogen-bond donors (Lipinski definition) is 1. The zero-order valence-corrected chi connectivity index (χ0v) is 23.6. The second-order valence-corrected chi connectivity index (χ2v) is 12.2. The molecule has 0 aliphatic heterocycles. The van der Waals surface area contributed by atoms with Gasteiger partial charge in [0.15, 0.2) is 22.2 Å². The number of carbonyl (C=O) groups is 1. The molecule has 2 aromatic heterocycles. The number of aromatic nitrogens is 3. The van der Waals surface area contributed by atoms with Gasteiger partial charge in [0.2, 0.25) is 5.91 Å². The maximum atomic E-state index is 15.3. The Morgan fingerprint density at radius 1 is 1.05 bits per heavy atom. The zero-order valence-electron chi connectivity index (χ0n) is 22.7. The molecule has 1 atom stereocenters. The number of aryl methyl sites for hydroxylation is 1. The van der Waals surface area contributed by atoms with E-state index in [1.165, 1.54) is 6.07 Å². The quantitative estimate of drug-likeness (QED) is 0.235. The van der Waals surface area contributed by atoms with E-state index in [-0.39, 0.29) is 23.6 Å². The fourth-order valence-electron chi connectivity index (χ4n) is 4.32. The second-order valence-electron chi connectivity index (χ2n) is 10.5. The highest BCUT2D eigenvalue weighted by atomic mass is 31.1. The largest absolute Gasteiger partial charge is 0.453 e. The monoisotopic (exact) mass is 555 g/mol. The Morgan fingerprint density at radius 3 is 2.52 bits per heavy atom. The summed E-state index contributed by atoms with van der Waals surface area (Å²) in [5, 5.41) is 9.06. The molecule has 7 nitrogen and oxygen atoms in total. The average molecular weight is 556 g/mol. The maximum absolute atomic E-state index is 15.3. The van der Waals surface area contributed by atoms with Crippen molar-refractivity contribution >= 4 is 40.9 Å². The van der Waals surface area contributed by atoms with Gasteiger partial charge in [-0.2, -0.15) is 5.10 Å². The van der Waals surface area contributed by atoms with E-state index in [4.69, 9.17) is 4.74 Å². The van der Waals surface area contributed by atoms with Gasteiger partial charge in [-0.15, -0.1) is 0 Å². The maximum Gasteiger partial charge on any atom is 0.415 e. The van der Waals surface area contributed by atoms with Gasteiger partial charge in [0.1, 0.15) is 5.75 Å². The van der Waals surface area contributed by atoms with Gasteiger partial charge in [-0.3, -0.25) is 14.5 Å². The standard InChI is InChI=1S/C31H28FN4O3P/c1-20-14-21(16-29(37)35-22-18-34-36(19-22)31(2,3)4)15-26(32)30(20)39-28-12-13-33-27-11-10-24(17-25(27)28)40(38)23-8-6-5-7-9-23/h5-15,17-19H,16H2,1-4H3/p+1. The SMILES string of the molecule is Cc1cc(CC(=O)Nc2cnn(C(C)(C)C)c2)cc(F)c1Oc1ccnc2ccc([P+](=O)c3ccccc3)cc12. The number of hydrogen-bond acceptors (Lipinski definition) is 5. The number of benzene rings is 3. The summed E-state index contributed by atoms with van der Waals surface area (Å²) in [7, 11) is -1.81. The van der Waals surface area contributed by atoms with Crippen LogP contribution in [0, 0.1) is 12.7 Å². The first kappa shape index (κ1) is 27.2. The van der Waals surface area contributed by atoms with Crippen molar-refractivity contribution in [2.75, 3.05) is 5.32 Å². The van der Waals surface area contributed by atoms with E-state index in [9.17, 15) is 9.36 Å². The molecule has 0 aliphatic carbocycles. The van der Waals surface area contributed by atoms with Crippen molar-refractivity contribution in [1.82, 2.24) is 14.8 Å². The Bertz CT molecular complexity index is 1710. The molecule has 0 aliphatic rings. The van der Waals surface area contributed by atoms with Gasteiger partial charge in [0, 0.05) is 23.8 Å². The first-order chi connectivity index (χ1) is 19.1. The van der Waals surface area contributed by atoms with Gasteiger partial charge < -0.3 is 10.1 Å². The summed E-state index contributed by atoms with van der Waals surface area (Å²) in [5.41, 5.74) is 2.07. The molecule has 5 aromatic rings. The number of nitrogens with one attached hydrogen (secondary N) is 1. The van der Waals surface area contributed by atoms with Crippen molar-refractivity contribution < 1.29 is 18.5 Å². The van der Waals surface area contributed by atoms with E-state index >= 15 is 4.39 Å². The fraction of sp³-hybridized carbons (Fsp3) is 0.194. The molecule has 5 rings (SSSR count). The van der Waals surface area contributed by atoms with Crippen LogP contribution in [0.2, 0.25) is 0 Å². The van der Waals surface area contributed by atoms with Gasteiger partial charge in [-0.05, 0) is 75.2 Å². The molecule has 3 aromatic carbocycles. The highest BCUT2D eigenvalue weighted by molar-refractivity contribution is 7.61. The van der Waals surface area contributed by atoms with E-state index in [0.717, 1.165) is 0 Å². The Kier molecular flexibility index (Phi) is 7.46. The molecule has 0 saturated carbocycles. The minimum absolute atomic E-state index is 0.00712. The van der Waals surface area contributed by atoms with Gasteiger partial charge in [0.05, 0.1) is 29.4 Å². The van der Waals surface area contributed by atoms with E-state index in [1.54, 1.807) is 60.5 Å². The molecular weight excluding hydrogens is 526 g/mol. The highest BCUT2D eigenvalue weighted by Crippen LogP contribution is 2.34. The van der Waals surface area contributed by atoms with Gasteiger partial charge in [-0.1, -0.05) is 28.8 Å². The lowest BCUT2D eigenvalue weighted by molar-refractivity contribution is -0.115. The number of ether oxygens (including phenoxy) is 1. The smallest absolute Gasteiger partial charge is 0.415 e. The van der Waals surface area contributed by atoms with Crippen LogP contribution >= 0.6 is 7.80 Å². The predicted molar refractivity (Wildman–Crippen MR) is 156 cm³/mol. The molecule has 0 spiro atoms. The first-order valence-electron chi connectivity index (χ1n) is 12.8. The molecule has 0 bridgehead atoms.